The third-order valence-electron chi connectivity index (χ3n) is 3.53. The number of para-hydroxylation sites is 1. The zero-order valence-electron chi connectivity index (χ0n) is 13.0. The molecule has 8 nitrogen and oxygen atoms in total. The molecule has 0 aliphatic rings. The van der Waals surface area contributed by atoms with Crippen molar-refractivity contribution >= 4 is 26.8 Å². The maximum Gasteiger partial charge on any atom is 0.263 e. The molecule has 0 bridgehead atoms. The van der Waals surface area contributed by atoms with Gasteiger partial charge in [-0.05, 0) is 30.3 Å². The molecule has 2 aromatic heterocycles. The first-order chi connectivity index (χ1) is 12.0. The van der Waals surface area contributed by atoms with Crippen LogP contribution < -0.4 is 4.72 Å². The molecule has 9 heteroatoms. The fraction of sp³-hybridized carbons (Fsp3) is 0.0625. The summed E-state index contributed by atoms with van der Waals surface area (Å²) in [6.07, 6.45) is 0. The van der Waals surface area contributed by atoms with E-state index in [1.807, 2.05) is 0 Å². The highest BCUT2D eigenvalue weighted by molar-refractivity contribution is 7.92. The van der Waals surface area contributed by atoms with Crippen molar-refractivity contribution in [1.82, 2.24) is 15.4 Å². The lowest BCUT2D eigenvalue weighted by atomic mass is 10.2. The Labute approximate surface area is 142 Å². The minimum Gasteiger partial charge on any atom is -0.421 e. The number of hydrogen-bond donors (Lipinski definition) is 1. The van der Waals surface area contributed by atoms with Gasteiger partial charge in [0.2, 0.25) is 11.8 Å². The highest BCUT2D eigenvalue weighted by atomic mass is 32.2. The Morgan fingerprint density at radius 3 is 2.68 bits per heavy atom. The molecule has 0 radical (unpaired) electrons. The van der Waals surface area contributed by atoms with Gasteiger partial charge in [0.25, 0.3) is 10.0 Å². The fourth-order valence-corrected chi connectivity index (χ4v) is 3.41. The average Bonchev–Trinajstić information content (AvgIpc) is 3.22. The van der Waals surface area contributed by atoms with Gasteiger partial charge in [-0.2, -0.15) is 0 Å². The molecule has 126 valence electrons. The number of nitrogens with zero attached hydrogens (tertiary/aromatic N) is 3. The van der Waals surface area contributed by atoms with E-state index in [0.717, 1.165) is 0 Å². The van der Waals surface area contributed by atoms with Crippen molar-refractivity contribution < 1.29 is 17.4 Å². The number of anilines is 1. The van der Waals surface area contributed by atoms with Crippen molar-refractivity contribution in [2.75, 3.05) is 4.72 Å². The molecule has 0 amide bonds. The van der Waals surface area contributed by atoms with E-state index in [9.17, 15) is 8.42 Å². The fourth-order valence-electron chi connectivity index (χ4n) is 2.36. The molecule has 4 aromatic rings. The highest BCUT2D eigenvalue weighted by Crippen LogP contribution is 2.26. The predicted molar refractivity (Wildman–Crippen MR) is 89.3 cm³/mol. The Bertz CT molecular complexity index is 1160. The Hall–Kier alpha value is -3.20. The largest absolute Gasteiger partial charge is 0.421 e. The standard InChI is InChI=1S/C16H12N4O4S/c1-10-17-18-16(23-10)11-5-4-6-12(9-11)25(21,22)20-15-13-7-2-3-8-14(13)24-19-15/h2-9H,1H3,(H,19,20). The molecule has 0 saturated heterocycles. The maximum atomic E-state index is 12.7. The van der Waals surface area contributed by atoms with Crippen LogP contribution in [0.25, 0.3) is 22.4 Å². The van der Waals surface area contributed by atoms with Crippen LogP contribution in [-0.2, 0) is 10.0 Å². The van der Waals surface area contributed by atoms with Gasteiger partial charge in [-0.1, -0.05) is 23.4 Å². The number of nitrogens with one attached hydrogen (secondary N) is 1. The van der Waals surface area contributed by atoms with Crippen LogP contribution in [0.3, 0.4) is 0 Å². The second-order valence-corrected chi connectivity index (χ2v) is 6.97. The van der Waals surface area contributed by atoms with E-state index in [2.05, 4.69) is 20.1 Å². The summed E-state index contributed by atoms with van der Waals surface area (Å²) >= 11 is 0. The minimum atomic E-state index is -3.86. The van der Waals surface area contributed by atoms with Gasteiger partial charge in [0.1, 0.15) is 0 Å². The molecule has 1 N–H and O–H groups in total. The zero-order valence-corrected chi connectivity index (χ0v) is 13.8. The second kappa shape index (κ2) is 5.71. The molecule has 4 rings (SSSR count). The monoisotopic (exact) mass is 356 g/mol. The van der Waals surface area contributed by atoms with Crippen LogP contribution >= 0.6 is 0 Å². The maximum absolute atomic E-state index is 12.7. The van der Waals surface area contributed by atoms with Crippen LogP contribution in [-0.4, -0.2) is 23.8 Å². The summed E-state index contributed by atoms with van der Waals surface area (Å²) in [7, 11) is -3.86. The smallest absolute Gasteiger partial charge is 0.263 e. The van der Waals surface area contributed by atoms with Crippen LogP contribution in [0.1, 0.15) is 5.89 Å². The van der Waals surface area contributed by atoms with Crippen molar-refractivity contribution in [3.8, 4) is 11.5 Å². The summed E-state index contributed by atoms with van der Waals surface area (Å²) in [6.45, 7) is 1.66. The Kier molecular flexibility index (Phi) is 3.50. The molecule has 0 atom stereocenters. The van der Waals surface area contributed by atoms with Crippen LogP contribution in [0.15, 0.2) is 62.4 Å². The van der Waals surface area contributed by atoms with Gasteiger partial charge in [0.15, 0.2) is 11.4 Å². The molecule has 0 saturated carbocycles. The number of aromatic nitrogens is 3. The first kappa shape index (κ1) is 15.3. The van der Waals surface area contributed by atoms with Crippen molar-refractivity contribution in [1.29, 1.82) is 0 Å². The van der Waals surface area contributed by atoms with Crippen LogP contribution in [0.5, 0.6) is 0 Å². The average molecular weight is 356 g/mol. The molecule has 0 aliphatic carbocycles. The first-order valence-electron chi connectivity index (χ1n) is 7.31. The Balaban J connectivity index is 1.71. The zero-order chi connectivity index (χ0) is 17.4. The lowest BCUT2D eigenvalue weighted by Gasteiger charge is -2.06. The topological polar surface area (TPSA) is 111 Å². The lowest BCUT2D eigenvalue weighted by molar-refractivity contribution is 0.460. The van der Waals surface area contributed by atoms with E-state index in [0.29, 0.717) is 22.4 Å². The van der Waals surface area contributed by atoms with E-state index in [-0.39, 0.29) is 16.6 Å². The molecule has 0 spiro atoms. The number of hydrogen-bond acceptors (Lipinski definition) is 7. The van der Waals surface area contributed by atoms with Gasteiger partial charge in [-0.25, -0.2) is 8.42 Å². The predicted octanol–water partition coefficient (Wildman–Crippen LogP) is 2.99. The van der Waals surface area contributed by atoms with E-state index in [1.54, 1.807) is 43.3 Å². The van der Waals surface area contributed by atoms with Crippen molar-refractivity contribution in [2.24, 2.45) is 0 Å². The van der Waals surface area contributed by atoms with Crippen molar-refractivity contribution in [3.05, 3.63) is 54.4 Å². The van der Waals surface area contributed by atoms with Crippen LogP contribution in [0.2, 0.25) is 0 Å². The summed E-state index contributed by atoms with van der Waals surface area (Å²) in [4.78, 5) is 0.0490. The molecule has 2 aromatic carbocycles. The molecule has 0 unspecified atom stereocenters. The van der Waals surface area contributed by atoms with Crippen LogP contribution in [0.4, 0.5) is 5.82 Å². The molecular weight excluding hydrogens is 344 g/mol. The van der Waals surface area contributed by atoms with Crippen molar-refractivity contribution in [2.45, 2.75) is 11.8 Å². The van der Waals surface area contributed by atoms with E-state index in [4.69, 9.17) is 8.94 Å². The summed E-state index contributed by atoms with van der Waals surface area (Å²) in [5.74, 6) is 0.784. The van der Waals surface area contributed by atoms with E-state index >= 15 is 0 Å². The normalized spacial score (nSPS) is 11.7. The van der Waals surface area contributed by atoms with Crippen LogP contribution in [0, 0.1) is 6.92 Å². The van der Waals surface area contributed by atoms with E-state index < -0.39 is 10.0 Å². The number of fused-ring (bicyclic) bond motifs is 1. The third-order valence-corrected chi connectivity index (χ3v) is 4.86. The van der Waals surface area contributed by atoms with Gasteiger partial charge in [0, 0.05) is 12.5 Å². The SMILES string of the molecule is Cc1nnc(-c2cccc(S(=O)(=O)Nc3noc4ccccc34)c2)o1. The van der Waals surface area contributed by atoms with Gasteiger partial charge in [-0.15, -0.1) is 10.2 Å². The molecule has 2 heterocycles. The number of aryl methyl sites for hydroxylation is 1. The Morgan fingerprint density at radius 1 is 1.04 bits per heavy atom. The van der Waals surface area contributed by atoms with Gasteiger partial charge >= 0.3 is 0 Å². The number of benzene rings is 2. The lowest BCUT2D eigenvalue weighted by Crippen LogP contribution is -2.13. The Morgan fingerprint density at radius 2 is 1.88 bits per heavy atom. The molecular formula is C16H12N4O4S. The van der Waals surface area contributed by atoms with Crippen molar-refractivity contribution in [3.63, 3.8) is 0 Å². The number of rotatable bonds is 4. The molecule has 0 aliphatic heterocycles. The summed E-state index contributed by atoms with van der Waals surface area (Å²) in [5.41, 5.74) is 1.00. The molecule has 0 fully saturated rings. The summed E-state index contributed by atoms with van der Waals surface area (Å²) in [5, 5.41) is 12.0. The minimum absolute atomic E-state index is 0.0490. The number of sulfonamides is 1. The molecule has 25 heavy (non-hydrogen) atoms. The van der Waals surface area contributed by atoms with Gasteiger partial charge in [-0.3, -0.25) is 4.72 Å². The second-order valence-electron chi connectivity index (χ2n) is 5.29. The summed E-state index contributed by atoms with van der Waals surface area (Å²) in [6, 6.07) is 13.2. The highest BCUT2D eigenvalue weighted by Gasteiger charge is 2.19. The third kappa shape index (κ3) is 2.85. The first-order valence-corrected chi connectivity index (χ1v) is 8.79. The van der Waals surface area contributed by atoms with Gasteiger partial charge < -0.3 is 8.94 Å². The van der Waals surface area contributed by atoms with E-state index in [1.165, 1.54) is 12.1 Å². The quantitative estimate of drug-likeness (QED) is 0.598. The van der Waals surface area contributed by atoms with Gasteiger partial charge in [0.05, 0.1) is 10.3 Å². The summed E-state index contributed by atoms with van der Waals surface area (Å²) < 4.78 is 38.2.